The van der Waals surface area contributed by atoms with Crippen LogP contribution < -0.4 is 0 Å². The summed E-state index contributed by atoms with van der Waals surface area (Å²) in [6.45, 7) is 5.78. The molecule has 1 aromatic carbocycles. The lowest BCUT2D eigenvalue weighted by Crippen LogP contribution is -2.05. The van der Waals surface area contributed by atoms with Crippen molar-refractivity contribution in [2.75, 3.05) is 0 Å². The quantitative estimate of drug-likeness (QED) is 0.836. The fraction of sp³-hybridized carbons (Fsp3) is 0.500. The van der Waals surface area contributed by atoms with Crippen LogP contribution in [0, 0.1) is 18.7 Å². The minimum atomic E-state index is -0.749. The molecule has 1 nitrogen and oxygen atoms in total. The lowest BCUT2D eigenvalue weighted by Gasteiger charge is -2.15. The second-order valence-corrected chi connectivity index (χ2v) is 4.68. The molecule has 84 valence electrons. The molecule has 1 aromatic rings. The Morgan fingerprint density at radius 3 is 2.53 bits per heavy atom. The van der Waals surface area contributed by atoms with E-state index < -0.39 is 11.9 Å². The van der Waals surface area contributed by atoms with Crippen molar-refractivity contribution in [1.29, 1.82) is 0 Å². The van der Waals surface area contributed by atoms with Crippen LogP contribution in [0.15, 0.2) is 12.1 Å². The summed E-state index contributed by atoms with van der Waals surface area (Å²) in [5.74, 6) is -0.103. The van der Waals surface area contributed by atoms with E-state index in [-0.39, 0.29) is 0 Å². The maximum absolute atomic E-state index is 13.5. The molecule has 0 spiro atoms. The van der Waals surface area contributed by atoms with Gasteiger partial charge in [0.1, 0.15) is 5.82 Å². The van der Waals surface area contributed by atoms with E-state index >= 15 is 0 Å². The molecule has 1 rings (SSSR count). The molecule has 0 saturated heterocycles. The first-order valence-electron chi connectivity index (χ1n) is 5.05. The molecule has 0 fully saturated rings. The lowest BCUT2D eigenvalue weighted by molar-refractivity contribution is 0.146. The van der Waals surface area contributed by atoms with Gasteiger partial charge in [-0.2, -0.15) is 0 Å². The highest BCUT2D eigenvalue weighted by atomic mass is 35.5. The molecule has 0 aliphatic heterocycles. The molecule has 0 aliphatic rings. The fourth-order valence-corrected chi connectivity index (χ4v) is 1.66. The van der Waals surface area contributed by atoms with Crippen molar-refractivity contribution in [2.24, 2.45) is 5.92 Å². The Bertz CT molecular complexity index is 350. The maximum Gasteiger partial charge on any atom is 0.130 e. The topological polar surface area (TPSA) is 20.2 Å². The highest BCUT2D eigenvalue weighted by Crippen LogP contribution is 2.27. The number of hydrogen-bond acceptors (Lipinski definition) is 1. The van der Waals surface area contributed by atoms with E-state index in [1.165, 1.54) is 6.07 Å². The smallest absolute Gasteiger partial charge is 0.130 e. The number of aliphatic hydroxyl groups is 1. The van der Waals surface area contributed by atoms with E-state index in [4.69, 9.17) is 11.6 Å². The number of rotatable bonds is 3. The van der Waals surface area contributed by atoms with Crippen LogP contribution in [0.4, 0.5) is 4.39 Å². The molecule has 1 atom stereocenters. The molecule has 1 unspecified atom stereocenters. The number of halogens is 2. The zero-order valence-corrected chi connectivity index (χ0v) is 9.98. The Hall–Kier alpha value is -0.600. The molecule has 0 aliphatic carbocycles. The van der Waals surface area contributed by atoms with Gasteiger partial charge in [0.2, 0.25) is 0 Å². The zero-order chi connectivity index (χ0) is 11.6. The molecule has 3 heteroatoms. The molecule has 1 N–H and O–H groups in total. The van der Waals surface area contributed by atoms with Crippen LogP contribution in [-0.4, -0.2) is 5.11 Å². The summed E-state index contributed by atoms with van der Waals surface area (Å²) in [6.07, 6.45) is -0.196. The van der Waals surface area contributed by atoms with Crippen molar-refractivity contribution in [1.82, 2.24) is 0 Å². The third-order valence-corrected chi connectivity index (χ3v) is 2.74. The van der Waals surface area contributed by atoms with Gasteiger partial charge >= 0.3 is 0 Å². The van der Waals surface area contributed by atoms with Gasteiger partial charge in [-0.25, -0.2) is 4.39 Å². The lowest BCUT2D eigenvalue weighted by atomic mass is 9.98. The molecule has 0 heterocycles. The molecular weight excluding hydrogens is 215 g/mol. The summed E-state index contributed by atoms with van der Waals surface area (Å²) in [4.78, 5) is 0. The molecule has 0 bridgehead atoms. The molecule has 0 radical (unpaired) electrons. The summed E-state index contributed by atoms with van der Waals surface area (Å²) in [5, 5.41) is 10.2. The summed E-state index contributed by atoms with van der Waals surface area (Å²) in [6, 6.07) is 2.88. The average Bonchev–Trinajstić information content (AvgIpc) is 2.09. The first-order chi connectivity index (χ1) is 6.91. The van der Waals surface area contributed by atoms with Gasteiger partial charge in [-0.3, -0.25) is 0 Å². The predicted molar refractivity (Wildman–Crippen MR) is 60.6 cm³/mol. The minimum absolute atomic E-state index is 0.329. The molecular formula is C12H16ClFO. The maximum atomic E-state index is 13.5. The van der Waals surface area contributed by atoms with Crippen molar-refractivity contribution in [3.8, 4) is 0 Å². The van der Waals surface area contributed by atoms with Gasteiger partial charge in [-0.05, 0) is 37.0 Å². The Morgan fingerprint density at radius 2 is 2.00 bits per heavy atom. The van der Waals surface area contributed by atoms with Crippen LogP contribution >= 0.6 is 11.6 Å². The van der Waals surface area contributed by atoms with E-state index in [1.807, 2.05) is 13.8 Å². The van der Waals surface area contributed by atoms with Crippen molar-refractivity contribution in [2.45, 2.75) is 33.3 Å². The second kappa shape index (κ2) is 4.95. The first kappa shape index (κ1) is 12.5. The Labute approximate surface area is 94.9 Å². The van der Waals surface area contributed by atoms with Gasteiger partial charge in [0.25, 0.3) is 0 Å². The number of benzene rings is 1. The molecule has 0 saturated carbocycles. The van der Waals surface area contributed by atoms with Crippen LogP contribution in [0.5, 0.6) is 0 Å². The third-order valence-electron chi connectivity index (χ3n) is 2.33. The highest BCUT2D eigenvalue weighted by molar-refractivity contribution is 6.31. The van der Waals surface area contributed by atoms with Crippen LogP contribution in [0.1, 0.15) is 37.5 Å². The van der Waals surface area contributed by atoms with Crippen molar-refractivity contribution in [3.63, 3.8) is 0 Å². The fourth-order valence-electron chi connectivity index (χ4n) is 1.51. The standard InChI is InChI=1S/C12H16ClFO/c1-7(2)4-12(15)9-5-8(3)10(13)6-11(9)14/h5-7,12,15H,4H2,1-3H3. The Kier molecular flexibility index (Phi) is 4.12. The van der Waals surface area contributed by atoms with Gasteiger partial charge in [0.15, 0.2) is 0 Å². The first-order valence-corrected chi connectivity index (χ1v) is 5.43. The van der Waals surface area contributed by atoms with E-state index in [0.29, 0.717) is 22.9 Å². The number of aliphatic hydroxyl groups excluding tert-OH is 1. The predicted octanol–water partition coefficient (Wildman–Crippen LogP) is 3.87. The molecule has 15 heavy (non-hydrogen) atoms. The van der Waals surface area contributed by atoms with E-state index in [2.05, 4.69) is 0 Å². The van der Waals surface area contributed by atoms with E-state index in [0.717, 1.165) is 5.56 Å². The number of aryl methyl sites for hydroxylation is 1. The van der Waals surface area contributed by atoms with Gasteiger partial charge < -0.3 is 5.11 Å². The van der Waals surface area contributed by atoms with Crippen molar-refractivity contribution >= 4 is 11.6 Å². The van der Waals surface area contributed by atoms with Crippen LogP contribution in [0.3, 0.4) is 0 Å². The van der Waals surface area contributed by atoms with Crippen LogP contribution in [-0.2, 0) is 0 Å². The average molecular weight is 231 g/mol. The summed E-state index contributed by atoms with van der Waals surface area (Å²) < 4.78 is 13.5. The summed E-state index contributed by atoms with van der Waals surface area (Å²) in [7, 11) is 0. The Morgan fingerprint density at radius 1 is 1.40 bits per heavy atom. The largest absolute Gasteiger partial charge is 0.388 e. The third kappa shape index (κ3) is 3.18. The normalized spacial score (nSPS) is 13.3. The number of hydrogen-bond donors (Lipinski definition) is 1. The van der Waals surface area contributed by atoms with Gasteiger partial charge in [0.05, 0.1) is 6.10 Å². The zero-order valence-electron chi connectivity index (χ0n) is 9.22. The SMILES string of the molecule is Cc1cc(C(O)CC(C)C)c(F)cc1Cl. The minimum Gasteiger partial charge on any atom is -0.388 e. The van der Waals surface area contributed by atoms with Crippen molar-refractivity contribution in [3.05, 3.63) is 34.1 Å². The highest BCUT2D eigenvalue weighted by Gasteiger charge is 2.15. The van der Waals surface area contributed by atoms with E-state index in [9.17, 15) is 9.50 Å². The van der Waals surface area contributed by atoms with Crippen LogP contribution in [0.2, 0.25) is 5.02 Å². The van der Waals surface area contributed by atoms with Crippen molar-refractivity contribution < 1.29 is 9.50 Å². The summed E-state index contributed by atoms with van der Waals surface area (Å²) >= 11 is 5.77. The van der Waals surface area contributed by atoms with Crippen LogP contribution in [0.25, 0.3) is 0 Å². The Balaban J connectivity index is 2.98. The van der Waals surface area contributed by atoms with Gasteiger partial charge in [0, 0.05) is 10.6 Å². The second-order valence-electron chi connectivity index (χ2n) is 4.27. The van der Waals surface area contributed by atoms with Gasteiger partial charge in [-0.15, -0.1) is 0 Å². The molecule has 0 amide bonds. The van der Waals surface area contributed by atoms with Gasteiger partial charge in [-0.1, -0.05) is 25.4 Å². The van der Waals surface area contributed by atoms with E-state index in [1.54, 1.807) is 13.0 Å². The summed E-state index contributed by atoms with van der Waals surface area (Å²) in [5.41, 5.74) is 1.13. The molecule has 0 aromatic heterocycles. The monoisotopic (exact) mass is 230 g/mol.